The number of hydrogen-bond donors (Lipinski definition) is 1. The molecule has 0 aliphatic carbocycles. The van der Waals surface area contributed by atoms with E-state index in [9.17, 15) is 9.18 Å². The monoisotopic (exact) mass is 364 g/mol. The number of hydrogen-bond acceptors (Lipinski definition) is 3. The number of pyridine rings is 1. The van der Waals surface area contributed by atoms with E-state index in [0.29, 0.717) is 11.4 Å². The highest BCUT2D eigenvalue weighted by Gasteiger charge is 2.49. The number of aryl methyl sites for hydroxylation is 1. The summed E-state index contributed by atoms with van der Waals surface area (Å²) in [6, 6.07) is 9.37. The molecule has 0 unspecified atom stereocenters. The lowest BCUT2D eigenvalue weighted by Gasteiger charge is -2.39. The van der Waals surface area contributed by atoms with Gasteiger partial charge < -0.3 is 10.1 Å². The van der Waals surface area contributed by atoms with E-state index in [1.807, 2.05) is 19.1 Å². The summed E-state index contributed by atoms with van der Waals surface area (Å²) in [5.74, 6) is -0.538. The quantitative estimate of drug-likeness (QED) is 0.909. The van der Waals surface area contributed by atoms with Gasteiger partial charge in [-0.1, -0.05) is 0 Å². The van der Waals surface area contributed by atoms with E-state index < -0.39 is 5.41 Å². The van der Waals surface area contributed by atoms with Crippen molar-refractivity contribution in [3.63, 3.8) is 0 Å². The zero-order chi connectivity index (χ0) is 15.7. The molecule has 22 heavy (non-hydrogen) atoms. The molecular weight excluding hydrogens is 351 g/mol. The van der Waals surface area contributed by atoms with E-state index in [0.717, 1.165) is 10.2 Å². The molecule has 0 radical (unpaired) electrons. The molecule has 4 nitrogen and oxygen atoms in total. The number of carbonyl (C=O) groups is 1. The maximum absolute atomic E-state index is 12.9. The third kappa shape index (κ3) is 2.64. The molecule has 2 aromatic rings. The van der Waals surface area contributed by atoms with Crippen molar-refractivity contribution in [2.75, 3.05) is 18.5 Å². The van der Waals surface area contributed by atoms with Gasteiger partial charge in [0.05, 0.1) is 24.6 Å². The van der Waals surface area contributed by atoms with Crippen molar-refractivity contribution in [2.24, 2.45) is 0 Å². The molecule has 2 heterocycles. The standard InChI is InChI=1S/C16H14BrFN2O2/c1-10-13(17)6-7-14(19-10)16(8-22-9-16)15(21)20-12-4-2-11(18)3-5-12/h2-7H,8-9H2,1H3,(H,20,21). The molecule has 3 rings (SSSR count). The molecule has 0 bridgehead atoms. The summed E-state index contributed by atoms with van der Waals surface area (Å²) in [6.07, 6.45) is 0. The number of carbonyl (C=O) groups excluding carboxylic acids is 1. The largest absolute Gasteiger partial charge is 0.378 e. The molecule has 1 fully saturated rings. The summed E-state index contributed by atoms with van der Waals surface area (Å²) in [6.45, 7) is 2.45. The predicted octanol–water partition coefficient (Wildman–Crippen LogP) is 3.20. The first-order chi connectivity index (χ1) is 10.5. The van der Waals surface area contributed by atoms with Gasteiger partial charge in [0.2, 0.25) is 5.91 Å². The maximum Gasteiger partial charge on any atom is 0.241 e. The second kappa shape index (κ2) is 5.78. The molecule has 0 saturated carbocycles. The van der Waals surface area contributed by atoms with Gasteiger partial charge in [-0.3, -0.25) is 9.78 Å². The topological polar surface area (TPSA) is 51.2 Å². The molecule has 0 spiro atoms. The van der Waals surface area contributed by atoms with Crippen molar-refractivity contribution in [2.45, 2.75) is 12.3 Å². The SMILES string of the molecule is Cc1nc(C2(C(=O)Nc3ccc(F)cc3)COC2)ccc1Br. The minimum Gasteiger partial charge on any atom is -0.378 e. The second-order valence-electron chi connectivity index (χ2n) is 5.30. The minimum absolute atomic E-state index is 0.195. The first-order valence-corrected chi connectivity index (χ1v) is 7.59. The summed E-state index contributed by atoms with van der Waals surface area (Å²) in [5, 5.41) is 2.81. The van der Waals surface area contributed by atoms with Crippen molar-refractivity contribution in [3.05, 3.63) is 58.1 Å². The summed E-state index contributed by atoms with van der Waals surface area (Å²) < 4.78 is 19.1. The molecule has 1 aliphatic heterocycles. The number of amides is 1. The van der Waals surface area contributed by atoms with Crippen LogP contribution in [0.1, 0.15) is 11.4 Å². The van der Waals surface area contributed by atoms with Crippen molar-refractivity contribution >= 4 is 27.5 Å². The molecular formula is C16H14BrFN2O2. The molecule has 1 aromatic carbocycles. The first kappa shape index (κ1) is 15.1. The number of anilines is 1. The van der Waals surface area contributed by atoms with Gasteiger partial charge in [-0.2, -0.15) is 0 Å². The van der Waals surface area contributed by atoms with E-state index in [2.05, 4.69) is 26.2 Å². The van der Waals surface area contributed by atoms with Crippen molar-refractivity contribution in [3.8, 4) is 0 Å². The Kier molecular flexibility index (Phi) is 3.97. The summed E-state index contributed by atoms with van der Waals surface area (Å²) in [5.41, 5.74) is 1.25. The maximum atomic E-state index is 12.9. The van der Waals surface area contributed by atoms with Crippen LogP contribution < -0.4 is 5.32 Å². The Balaban J connectivity index is 1.87. The van der Waals surface area contributed by atoms with Crippen molar-refractivity contribution in [1.29, 1.82) is 0 Å². The minimum atomic E-state index is -0.792. The highest BCUT2D eigenvalue weighted by Crippen LogP contribution is 2.33. The Labute approximate surface area is 135 Å². The van der Waals surface area contributed by atoms with Crippen LogP contribution in [-0.4, -0.2) is 24.1 Å². The number of rotatable bonds is 3. The molecule has 1 aromatic heterocycles. The van der Waals surface area contributed by atoms with Gasteiger partial charge in [-0.15, -0.1) is 0 Å². The van der Waals surface area contributed by atoms with Crippen LogP contribution in [0.15, 0.2) is 40.9 Å². The van der Waals surface area contributed by atoms with Crippen LogP contribution in [0, 0.1) is 12.7 Å². The third-order valence-corrected chi connectivity index (χ3v) is 4.58. The molecule has 6 heteroatoms. The molecule has 1 saturated heterocycles. The van der Waals surface area contributed by atoms with Gasteiger partial charge in [0, 0.05) is 10.2 Å². The van der Waals surface area contributed by atoms with Crippen molar-refractivity contribution in [1.82, 2.24) is 4.98 Å². The summed E-state index contributed by atoms with van der Waals surface area (Å²) >= 11 is 3.40. The van der Waals surface area contributed by atoms with E-state index >= 15 is 0 Å². The van der Waals surface area contributed by atoms with Crippen LogP contribution in [0.5, 0.6) is 0 Å². The van der Waals surface area contributed by atoms with E-state index in [4.69, 9.17) is 4.74 Å². The molecule has 1 N–H and O–H groups in total. The average molecular weight is 365 g/mol. The zero-order valence-electron chi connectivity index (χ0n) is 11.9. The molecule has 1 aliphatic rings. The molecule has 0 atom stereocenters. The number of nitrogens with zero attached hydrogens (tertiary/aromatic N) is 1. The van der Waals surface area contributed by atoms with Crippen LogP contribution in [0.4, 0.5) is 10.1 Å². The lowest BCUT2D eigenvalue weighted by atomic mass is 9.80. The average Bonchev–Trinajstić information content (AvgIpc) is 2.44. The van der Waals surface area contributed by atoms with Crippen LogP contribution in [-0.2, 0) is 14.9 Å². The highest BCUT2D eigenvalue weighted by atomic mass is 79.9. The zero-order valence-corrected chi connectivity index (χ0v) is 13.5. The predicted molar refractivity (Wildman–Crippen MR) is 84.2 cm³/mol. The summed E-state index contributed by atoms with van der Waals surface area (Å²) in [4.78, 5) is 17.2. The fourth-order valence-electron chi connectivity index (χ4n) is 2.30. The van der Waals surface area contributed by atoms with Gasteiger partial charge in [0.25, 0.3) is 0 Å². The fourth-order valence-corrected chi connectivity index (χ4v) is 2.52. The summed E-state index contributed by atoms with van der Waals surface area (Å²) in [7, 11) is 0. The normalized spacial score (nSPS) is 16.0. The smallest absolute Gasteiger partial charge is 0.241 e. The van der Waals surface area contributed by atoms with Crippen LogP contribution in [0.2, 0.25) is 0 Å². The Bertz CT molecular complexity index is 715. The van der Waals surface area contributed by atoms with Gasteiger partial charge in [0.15, 0.2) is 0 Å². The second-order valence-corrected chi connectivity index (χ2v) is 6.15. The van der Waals surface area contributed by atoms with Crippen LogP contribution in [0.25, 0.3) is 0 Å². The number of aromatic nitrogens is 1. The fraction of sp³-hybridized carbons (Fsp3) is 0.250. The third-order valence-electron chi connectivity index (χ3n) is 3.75. The van der Waals surface area contributed by atoms with Crippen LogP contribution in [0.3, 0.4) is 0 Å². The van der Waals surface area contributed by atoms with Crippen molar-refractivity contribution < 1.29 is 13.9 Å². The van der Waals surface area contributed by atoms with E-state index in [1.165, 1.54) is 24.3 Å². The van der Waals surface area contributed by atoms with Crippen LogP contribution >= 0.6 is 15.9 Å². The van der Waals surface area contributed by atoms with Gasteiger partial charge >= 0.3 is 0 Å². The molecule has 1 amide bonds. The number of benzene rings is 1. The number of ether oxygens (including phenoxy) is 1. The lowest BCUT2D eigenvalue weighted by Crippen LogP contribution is -2.56. The van der Waals surface area contributed by atoms with Gasteiger partial charge in [-0.25, -0.2) is 4.39 Å². The number of nitrogens with one attached hydrogen (secondary N) is 1. The van der Waals surface area contributed by atoms with Gasteiger partial charge in [0.1, 0.15) is 11.2 Å². The van der Waals surface area contributed by atoms with Gasteiger partial charge in [-0.05, 0) is 59.3 Å². The Morgan fingerprint density at radius 1 is 1.27 bits per heavy atom. The number of halogens is 2. The Hall–Kier alpha value is -1.79. The Morgan fingerprint density at radius 2 is 1.95 bits per heavy atom. The first-order valence-electron chi connectivity index (χ1n) is 6.80. The lowest BCUT2D eigenvalue weighted by molar-refractivity contribution is -0.140. The Morgan fingerprint density at radius 3 is 2.50 bits per heavy atom. The van der Waals surface area contributed by atoms with E-state index in [1.54, 1.807) is 0 Å². The van der Waals surface area contributed by atoms with E-state index in [-0.39, 0.29) is 24.9 Å². The highest BCUT2D eigenvalue weighted by molar-refractivity contribution is 9.10. The molecule has 114 valence electrons.